The molecular formula is C16H11N2O4S2-. The molecule has 0 bridgehead atoms. The number of hydrogen-bond acceptors (Lipinski definition) is 5. The van der Waals surface area contributed by atoms with Crippen LogP contribution in [0, 0.1) is 0 Å². The molecule has 1 aliphatic heterocycles. The standard InChI is InChI=1S/C16H12N2O4S2/c1-17-5-4-9(8-17)6-13-14(20)18(16(23)24-13)10-2-3-12(19)11(7-10)15(21)22/h2-8,19H,1H3,(H,21,22)/p-1/b13-6+. The van der Waals surface area contributed by atoms with Gasteiger partial charge in [-0.2, -0.15) is 0 Å². The van der Waals surface area contributed by atoms with Crippen LogP contribution in [0.1, 0.15) is 15.9 Å². The van der Waals surface area contributed by atoms with Gasteiger partial charge in [-0.3, -0.25) is 9.69 Å². The van der Waals surface area contributed by atoms with E-state index in [-0.39, 0.29) is 15.9 Å². The summed E-state index contributed by atoms with van der Waals surface area (Å²) in [6, 6.07) is 5.55. The van der Waals surface area contributed by atoms with Crippen molar-refractivity contribution in [2.75, 3.05) is 4.90 Å². The van der Waals surface area contributed by atoms with Crippen LogP contribution in [0.2, 0.25) is 0 Å². The second-order valence-electron chi connectivity index (χ2n) is 5.11. The third-order valence-electron chi connectivity index (χ3n) is 3.40. The van der Waals surface area contributed by atoms with Crippen LogP contribution in [0.3, 0.4) is 0 Å². The predicted molar refractivity (Wildman–Crippen MR) is 93.9 cm³/mol. The minimum atomic E-state index is -1.34. The molecule has 2 heterocycles. The molecule has 1 fully saturated rings. The molecule has 0 spiro atoms. The fourth-order valence-corrected chi connectivity index (χ4v) is 3.58. The number of hydrogen-bond donors (Lipinski definition) is 1. The van der Waals surface area contributed by atoms with Gasteiger partial charge >= 0.3 is 5.97 Å². The Bertz CT molecular complexity index is 901. The summed E-state index contributed by atoms with van der Waals surface area (Å²) in [4.78, 5) is 25.4. The highest BCUT2D eigenvalue weighted by Crippen LogP contribution is 2.37. The highest BCUT2D eigenvalue weighted by atomic mass is 32.2. The lowest BCUT2D eigenvalue weighted by molar-refractivity contribution is -0.268. The number of aromatic carboxylic acids is 1. The average molecular weight is 359 g/mol. The molecule has 1 aromatic heterocycles. The summed E-state index contributed by atoms with van der Waals surface area (Å²) in [5.74, 6) is -2.30. The van der Waals surface area contributed by atoms with E-state index < -0.39 is 17.3 Å². The van der Waals surface area contributed by atoms with Crippen molar-refractivity contribution in [3.63, 3.8) is 0 Å². The molecule has 0 atom stereocenters. The Morgan fingerprint density at radius 2 is 2.12 bits per heavy atom. The third-order valence-corrected chi connectivity index (χ3v) is 4.70. The Labute approximate surface area is 147 Å². The highest BCUT2D eigenvalue weighted by molar-refractivity contribution is 8.27. The van der Waals surface area contributed by atoms with Gasteiger partial charge in [-0.15, -0.1) is 0 Å². The molecule has 6 nitrogen and oxygen atoms in total. The second kappa shape index (κ2) is 6.14. The summed E-state index contributed by atoms with van der Waals surface area (Å²) in [6.07, 6.45) is 5.44. The normalized spacial score (nSPS) is 16.2. The average Bonchev–Trinajstić information content (AvgIpc) is 3.04. The summed E-state index contributed by atoms with van der Waals surface area (Å²) in [6.45, 7) is 0. The molecule has 0 saturated carbocycles. The number of nitrogens with zero attached hydrogens (tertiary/aromatic N) is 2. The lowest BCUT2D eigenvalue weighted by Crippen LogP contribution is -2.27. The SMILES string of the molecule is Cn1ccc(/C=C2/SC(=S)N(c3ccc([O-])c(C(=O)O)c3)C2=O)c1. The number of carboxylic acid groups (broad SMARTS) is 1. The molecule has 0 aliphatic carbocycles. The van der Waals surface area contributed by atoms with Crippen molar-refractivity contribution in [2.45, 2.75) is 0 Å². The number of rotatable bonds is 3. The first-order chi connectivity index (χ1) is 11.4. The molecular weight excluding hydrogens is 348 g/mol. The van der Waals surface area contributed by atoms with Gasteiger partial charge in [0, 0.05) is 19.4 Å². The van der Waals surface area contributed by atoms with Gasteiger partial charge in [0.15, 0.2) is 4.32 Å². The van der Waals surface area contributed by atoms with Crippen LogP contribution in [0.15, 0.2) is 41.6 Å². The molecule has 0 radical (unpaired) electrons. The number of aryl methyl sites for hydroxylation is 1. The van der Waals surface area contributed by atoms with E-state index in [1.54, 1.807) is 6.08 Å². The first-order valence-electron chi connectivity index (χ1n) is 6.81. The Balaban J connectivity index is 1.97. The van der Waals surface area contributed by atoms with E-state index in [0.717, 1.165) is 23.4 Å². The van der Waals surface area contributed by atoms with Crippen LogP contribution >= 0.6 is 24.0 Å². The zero-order chi connectivity index (χ0) is 17.4. The van der Waals surface area contributed by atoms with Crippen LogP contribution in [-0.2, 0) is 11.8 Å². The summed E-state index contributed by atoms with van der Waals surface area (Å²) >= 11 is 6.37. The first-order valence-corrected chi connectivity index (χ1v) is 8.03. The number of thiocarbonyl (C=S) groups is 1. The maximum absolute atomic E-state index is 12.6. The zero-order valence-corrected chi connectivity index (χ0v) is 14.1. The van der Waals surface area contributed by atoms with Crippen LogP contribution in [0.25, 0.3) is 6.08 Å². The third kappa shape index (κ3) is 2.93. The van der Waals surface area contributed by atoms with Gasteiger partial charge in [0.05, 0.1) is 16.2 Å². The van der Waals surface area contributed by atoms with E-state index >= 15 is 0 Å². The second-order valence-corrected chi connectivity index (χ2v) is 6.79. The topological polar surface area (TPSA) is 85.6 Å². The fraction of sp³-hybridized carbons (Fsp3) is 0.0625. The summed E-state index contributed by atoms with van der Waals surface area (Å²) < 4.78 is 2.15. The van der Waals surface area contributed by atoms with Crippen molar-refractivity contribution in [1.29, 1.82) is 0 Å². The Morgan fingerprint density at radius 1 is 1.38 bits per heavy atom. The summed E-state index contributed by atoms with van der Waals surface area (Å²) in [5, 5.41) is 20.6. The van der Waals surface area contributed by atoms with Crippen LogP contribution in [-0.4, -0.2) is 25.9 Å². The smallest absolute Gasteiger partial charge is 0.335 e. The van der Waals surface area contributed by atoms with Crippen molar-refractivity contribution < 1.29 is 19.8 Å². The molecule has 3 rings (SSSR count). The minimum Gasteiger partial charge on any atom is -0.872 e. The number of benzene rings is 1. The molecule has 1 saturated heterocycles. The van der Waals surface area contributed by atoms with E-state index in [4.69, 9.17) is 17.3 Å². The van der Waals surface area contributed by atoms with Crippen molar-refractivity contribution in [3.8, 4) is 5.75 Å². The highest BCUT2D eigenvalue weighted by Gasteiger charge is 2.33. The van der Waals surface area contributed by atoms with Gasteiger partial charge in [-0.1, -0.05) is 35.8 Å². The predicted octanol–water partition coefficient (Wildman–Crippen LogP) is 2.20. The van der Waals surface area contributed by atoms with E-state index in [0.29, 0.717) is 4.91 Å². The van der Waals surface area contributed by atoms with Gasteiger partial charge in [0.25, 0.3) is 5.91 Å². The fourth-order valence-electron chi connectivity index (χ4n) is 2.28. The lowest BCUT2D eigenvalue weighted by Gasteiger charge is -2.18. The molecule has 8 heteroatoms. The van der Waals surface area contributed by atoms with E-state index in [9.17, 15) is 14.7 Å². The van der Waals surface area contributed by atoms with Crippen LogP contribution in [0.5, 0.6) is 5.75 Å². The molecule has 24 heavy (non-hydrogen) atoms. The Hall–Kier alpha value is -2.58. The van der Waals surface area contributed by atoms with Crippen molar-refractivity contribution in [2.24, 2.45) is 7.05 Å². The van der Waals surface area contributed by atoms with Crippen LogP contribution < -0.4 is 10.0 Å². The largest absolute Gasteiger partial charge is 0.872 e. The van der Waals surface area contributed by atoms with E-state index in [1.807, 2.05) is 30.1 Å². The molecule has 122 valence electrons. The molecule has 1 aromatic carbocycles. The maximum Gasteiger partial charge on any atom is 0.335 e. The quantitative estimate of drug-likeness (QED) is 0.668. The number of anilines is 1. The first kappa shape index (κ1) is 16.3. The van der Waals surface area contributed by atoms with Crippen LogP contribution in [0.4, 0.5) is 5.69 Å². The summed E-state index contributed by atoms with van der Waals surface area (Å²) in [7, 11) is 1.88. The van der Waals surface area contributed by atoms with E-state index in [2.05, 4.69) is 0 Å². The zero-order valence-electron chi connectivity index (χ0n) is 12.4. The summed E-state index contributed by atoms with van der Waals surface area (Å²) in [5.41, 5.74) is 0.735. The van der Waals surface area contributed by atoms with E-state index in [1.165, 1.54) is 17.0 Å². The Kier molecular flexibility index (Phi) is 4.16. The lowest BCUT2D eigenvalue weighted by atomic mass is 10.1. The Morgan fingerprint density at radius 3 is 2.75 bits per heavy atom. The number of carbonyl (C=O) groups excluding carboxylic acids is 1. The number of thioether (sulfide) groups is 1. The number of aromatic nitrogens is 1. The maximum atomic E-state index is 12.6. The molecule has 1 amide bonds. The van der Waals surface area contributed by atoms with Gasteiger partial charge in [0.1, 0.15) is 0 Å². The van der Waals surface area contributed by atoms with Gasteiger partial charge in [-0.25, -0.2) is 4.79 Å². The van der Waals surface area contributed by atoms with Gasteiger partial charge < -0.3 is 14.8 Å². The monoisotopic (exact) mass is 359 g/mol. The minimum absolute atomic E-state index is 0.269. The van der Waals surface area contributed by atoms with Crippen molar-refractivity contribution >= 4 is 51.9 Å². The number of amides is 1. The molecule has 2 aromatic rings. The number of carboxylic acids is 1. The molecule has 1 N–H and O–H groups in total. The van der Waals surface area contributed by atoms with Gasteiger partial charge in [-0.05, 0) is 29.8 Å². The molecule has 1 aliphatic rings. The van der Waals surface area contributed by atoms with Gasteiger partial charge in [0.2, 0.25) is 0 Å². The number of carbonyl (C=O) groups is 2. The molecule has 0 unspecified atom stereocenters. The van der Waals surface area contributed by atoms with Crippen molar-refractivity contribution in [3.05, 3.63) is 52.7 Å². The van der Waals surface area contributed by atoms with Crippen molar-refractivity contribution in [1.82, 2.24) is 4.57 Å².